The third-order valence-corrected chi connectivity index (χ3v) is 4.56. The second kappa shape index (κ2) is 3.84. The number of benzene rings is 1. The molecule has 0 aliphatic carbocycles. The van der Waals surface area contributed by atoms with Gasteiger partial charge < -0.3 is 0 Å². The SMILES string of the molecule is CN1CC(C)(c2ccccc2)CNS1(=O)=O. The zero-order chi connectivity index (χ0) is 11.8. The van der Waals surface area contributed by atoms with E-state index in [1.807, 2.05) is 30.3 Å². The van der Waals surface area contributed by atoms with Gasteiger partial charge in [-0.25, -0.2) is 4.72 Å². The van der Waals surface area contributed by atoms with Gasteiger partial charge in [0.2, 0.25) is 0 Å². The quantitative estimate of drug-likeness (QED) is 0.786. The molecule has 1 aromatic carbocycles. The highest BCUT2D eigenvalue weighted by atomic mass is 32.2. The summed E-state index contributed by atoms with van der Waals surface area (Å²) in [7, 11) is -1.66. The van der Waals surface area contributed by atoms with Crippen LogP contribution in [-0.2, 0) is 15.6 Å². The minimum absolute atomic E-state index is 0.165. The van der Waals surface area contributed by atoms with Crippen molar-refractivity contribution >= 4 is 10.2 Å². The van der Waals surface area contributed by atoms with Crippen LogP contribution in [0, 0.1) is 0 Å². The van der Waals surface area contributed by atoms with E-state index in [1.54, 1.807) is 7.05 Å². The maximum Gasteiger partial charge on any atom is 0.279 e. The van der Waals surface area contributed by atoms with Crippen LogP contribution < -0.4 is 4.72 Å². The van der Waals surface area contributed by atoms with Gasteiger partial charge in [-0.3, -0.25) is 0 Å². The molecule has 1 aliphatic heterocycles. The minimum Gasteiger partial charge on any atom is -0.201 e. The van der Waals surface area contributed by atoms with E-state index in [0.29, 0.717) is 13.1 Å². The molecule has 1 aromatic rings. The van der Waals surface area contributed by atoms with Crippen molar-refractivity contribution in [3.8, 4) is 0 Å². The lowest BCUT2D eigenvalue weighted by Crippen LogP contribution is -2.56. The van der Waals surface area contributed by atoms with E-state index < -0.39 is 10.2 Å². The molecule has 0 radical (unpaired) electrons. The van der Waals surface area contributed by atoms with Crippen molar-refractivity contribution in [1.82, 2.24) is 9.03 Å². The van der Waals surface area contributed by atoms with Crippen molar-refractivity contribution < 1.29 is 8.42 Å². The van der Waals surface area contributed by atoms with Gasteiger partial charge in [-0.05, 0) is 5.56 Å². The molecule has 1 fully saturated rings. The molecular weight excluding hydrogens is 224 g/mol. The van der Waals surface area contributed by atoms with Crippen molar-refractivity contribution in [3.63, 3.8) is 0 Å². The Bertz CT molecular complexity index is 472. The molecule has 1 N–H and O–H groups in total. The van der Waals surface area contributed by atoms with Crippen LogP contribution in [0.3, 0.4) is 0 Å². The molecule has 1 atom stereocenters. The summed E-state index contributed by atoms with van der Waals surface area (Å²) < 4.78 is 27.0. The molecule has 1 saturated heterocycles. The summed E-state index contributed by atoms with van der Waals surface area (Å²) >= 11 is 0. The summed E-state index contributed by atoms with van der Waals surface area (Å²) in [6, 6.07) is 9.98. The van der Waals surface area contributed by atoms with Crippen LogP contribution in [0.25, 0.3) is 0 Å². The fourth-order valence-corrected chi connectivity index (χ4v) is 3.20. The second-order valence-corrected chi connectivity index (χ2v) is 6.37. The van der Waals surface area contributed by atoms with Crippen LogP contribution in [0.15, 0.2) is 30.3 Å². The van der Waals surface area contributed by atoms with Crippen molar-refractivity contribution in [1.29, 1.82) is 0 Å². The Balaban J connectivity index is 2.30. The van der Waals surface area contributed by atoms with E-state index in [9.17, 15) is 8.42 Å². The van der Waals surface area contributed by atoms with Crippen LogP contribution in [0.1, 0.15) is 12.5 Å². The third kappa shape index (κ3) is 1.98. The molecule has 0 bridgehead atoms. The summed E-state index contributed by atoms with van der Waals surface area (Å²) in [5.41, 5.74) is 0.991. The predicted molar refractivity (Wildman–Crippen MR) is 63.3 cm³/mol. The smallest absolute Gasteiger partial charge is 0.201 e. The van der Waals surface area contributed by atoms with E-state index in [1.165, 1.54) is 4.31 Å². The largest absolute Gasteiger partial charge is 0.279 e. The first kappa shape index (κ1) is 11.6. The molecule has 0 saturated carbocycles. The summed E-state index contributed by atoms with van der Waals surface area (Å²) in [6.07, 6.45) is 0. The van der Waals surface area contributed by atoms with Gasteiger partial charge in [-0.15, -0.1) is 0 Å². The summed E-state index contributed by atoms with van der Waals surface area (Å²) in [5.74, 6) is 0. The normalized spacial score (nSPS) is 30.1. The van der Waals surface area contributed by atoms with Crippen LogP contribution in [-0.4, -0.2) is 32.9 Å². The molecule has 4 nitrogen and oxygen atoms in total. The summed E-state index contributed by atoms with van der Waals surface area (Å²) in [4.78, 5) is 0. The number of nitrogens with zero attached hydrogens (tertiary/aromatic N) is 1. The standard InChI is InChI=1S/C11H16N2O2S/c1-11(10-6-4-3-5-7-10)8-12-16(14,15)13(2)9-11/h3-7,12H,8-9H2,1-2H3. The molecular formula is C11H16N2O2S. The third-order valence-electron chi connectivity index (χ3n) is 3.10. The predicted octanol–water partition coefficient (Wildman–Crippen LogP) is 0.724. The molecule has 2 rings (SSSR count). The van der Waals surface area contributed by atoms with E-state index in [-0.39, 0.29) is 5.41 Å². The van der Waals surface area contributed by atoms with Crippen LogP contribution in [0.4, 0.5) is 0 Å². The van der Waals surface area contributed by atoms with Crippen molar-refractivity contribution in [2.24, 2.45) is 0 Å². The maximum atomic E-state index is 11.5. The number of likely N-dealkylation sites (N-methyl/N-ethyl adjacent to an activating group) is 1. The van der Waals surface area contributed by atoms with Crippen molar-refractivity contribution in [2.45, 2.75) is 12.3 Å². The van der Waals surface area contributed by atoms with E-state index in [4.69, 9.17) is 0 Å². The molecule has 88 valence electrons. The lowest BCUT2D eigenvalue weighted by atomic mass is 9.82. The molecule has 16 heavy (non-hydrogen) atoms. The van der Waals surface area contributed by atoms with Crippen LogP contribution in [0.5, 0.6) is 0 Å². The zero-order valence-corrected chi connectivity index (χ0v) is 10.3. The molecule has 1 unspecified atom stereocenters. The van der Waals surface area contributed by atoms with Gasteiger partial charge in [0.15, 0.2) is 0 Å². The fourth-order valence-electron chi connectivity index (χ4n) is 2.03. The monoisotopic (exact) mass is 240 g/mol. The lowest BCUT2D eigenvalue weighted by molar-refractivity contribution is 0.314. The first-order valence-electron chi connectivity index (χ1n) is 5.20. The number of nitrogens with one attached hydrogen (secondary N) is 1. The number of rotatable bonds is 1. The van der Waals surface area contributed by atoms with E-state index in [2.05, 4.69) is 11.6 Å². The average Bonchev–Trinajstić information content (AvgIpc) is 2.26. The molecule has 0 aromatic heterocycles. The highest BCUT2D eigenvalue weighted by Crippen LogP contribution is 2.27. The summed E-state index contributed by atoms with van der Waals surface area (Å²) in [5, 5.41) is 0. The van der Waals surface area contributed by atoms with Crippen LogP contribution in [0.2, 0.25) is 0 Å². The van der Waals surface area contributed by atoms with Crippen molar-refractivity contribution in [3.05, 3.63) is 35.9 Å². The van der Waals surface area contributed by atoms with Gasteiger partial charge in [0, 0.05) is 25.6 Å². The van der Waals surface area contributed by atoms with Gasteiger partial charge in [0.25, 0.3) is 10.2 Å². The van der Waals surface area contributed by atoms with Gasteiger partial charge in [0.1, 0.15) is 0 Å². The van der Waals surface area contributed by atoms with Crippen molar-refractivity contribution in [2.75, 3.05) is 20.1 Å². The van der Waals surface area contributed by atoms with Crippen LogP contribution >= 0.6 is 0 Å². The topological polar surface area (TPSA) is 49.4 Å². The molecule has 5 heteroatoms. The number of hydrogen-bond acceptors (Lipinski definition) is 2. The van der Waals surface area contributed by atoms with E-state index >= 15 is 0 Å². The Morgan fingerprint density at radius 1 is 1.31 bits per heavy atom. The maximum absolute atomic E-state index is 11.5. The molecule has 1 aliphatic rings. The Labute approximate surface area is 96.5 Å². The Kier molecular flexibility index (Phi) is 2.77. The van der Waals surface area contributed by atoms with Gasteiger partial charge in [-0.2, -0.15) is 12.7 Å². The Morgan fingerprint density at radius 3 is 2.50 bits per heavy atom. The zero-order valence-electron chi connectivity index (χ0n) is 9.47. The van der Waals surface area contributed by atoms with Gasteiger partial charge >= 0.3 is 0 Å². The highest BCUT2D eigenvalue weighted by Gasteiger charge is 2.37. The molecule has 0 amide bonds. The first-order valence-corrected chi connectivity index (χ1v) is 6.64. The molecule has 1 heterocycles. The minimum atomic E-state index is -3.26. The first-order chi connectivity index (χ1) is 7.44. The average molecular weight is 240 g/mol. The Hall–Kier alpha value is -0.910. The van der Waals surface area contributed by atoms with Gasteiger partial charge in [0.05, 0.1) is 0 Å². The fraction of sp³-hybridized carbons (Fsp3) is 0.455. The number of hydrogen-bond donors (Lipinski definition) is 1. The van der Waals surface area contributed by atoms with Gasteiger partial charge in [-0.1, -0.05) is 37.3 Å². The molecule has 0 spiro atoms. The highest BCUT2D eigenvalue weighted by molar-refractivity contribution is 7.87. The lowest BCUT2D eigenvalue weighted by Gasteiger charge is -2.38. The van der Waals surface area contributed by atoms with E-state index in [0.717, 1.165) is 5.56 Å². The summed E-state index contributed by atoms with van der Waals surface area (Å²) in [6.45, 7) is 3.02. The second-order valence-electron chi connectivity index (χ2n) is 4.51. The Morgan fingerprint density at radius 2 is 1.94 bits per heavy atom.